The Kier molecular flexibility index (Phi) is 7.49. The first-order chi connectivity index (χ1) is 17.6. The average molecular weight is 504 g/mol. The van der Waals surface area contributed by atoms with E-state index in [2.05, 4.69) is 10.1 Å². The molecule has 1 saturated heterocycles. The minimum absolute atomic E-state index is 0.101. The van der Waals surface area contributed by atoms with Gasteiger partial charge in [0.1, 0.15) is 17.5 Å². The summed E-state index contributed by atoms with van der Waals surface area (Å²) in [5, 5.41) is 6.14. The summed E-state index contributed by atoms with van der Waals surface area (Å²) in [5.41, 5.74) is 9.28. The molecular weight excluding hydrogens is 472 g/mol. The molecule has 10 heteroatoms. The Morgan fingerprint density at radius 2 is 1.68 bits per heavy atom. The number of nitrogens with one attached hydrogen (secondary N) is 2. The second-order valence-electron chi connectivity index (χ2n) is 9.81. The lowest BCUT2D eigenvalue weighted by Crippen LogP contribution is -2.71. The molecule has 1 aromatic heterocycles. The molecule has 2 aromatic carbocycles. The van der Waals surface area contributed by atoms with E-state index in [1.54, 1.807) is 51.6 Å². The molecule has 0 spiro atoms. The van der Waals surface area contributed by atoms with Gasteiger partial charge in [-0.1, -0.05) is 18.2 Å². The number of piperazine rings is 1. The monoisotopic (exact) mass is 503 g/mol. The van der Waals surface area contributed by atoms with Gasteiger partial charge in [0, 0.05) is 49.4 Å². The van der Waals surface area contributed by atoms with Gasteiger partial charge in [-0.2, -0.15) is 5.11 Å². The highest BCUT2D eigenvalue weighted by molar-refractivity contribution is 5.94. The fourth-order valence-electron chi connectivity index (χ4n) is 4.04. The number of amides is 2. The van der Waals surface area contributed by atoms with Crippen LogP contribution in [-0.4, -0.2) is 58.6 Å². The van der Waals surface area contributed by atoms with Gasteiger partial charge in [-0.05, 0) is 50.4 Å². The number of carbonyl (C=O) groups is 2. The number of H-pyrrole nitrogens is 1. The van der Waals surface area contributed by atoms with Gasteiger partial charge < -0.3 is 19.5 Å². The number of pyridine rings is 1. The molecule has 4 N–H and O–H groups in total. The predicted molar refractivity (Wildman–Crippen MR) is 139 cm³/mol. The van der Waals surface area contributed by atoms with Crippen molar-refractivity contribution in [3.8, 4) is 0 Å². The van der Waals surface area contributed by atoms with Crippen molar-refractivity contribution < 1.29 is 19.6 Å². The number of nitrogens with two attached hydrogens (primary N) is 1. The van der Waals surface area contributed by atoms with Gasteiger partial charge >= 0.3 is 6.09 Å². The van der Waals surface area contributed by atoms with Crippen LogP contribution in [0.5, 0.6) is 0 Å². The van der Waals surface area contributed by atoms with Crippen LogP contribution in [0.1, 0.15) is 36.7 Å². The molecule has 37 heavy (non-hydrogen) atoms. The highest BCUT2D eigenvalue weighted by atomic mass is 16.6. The van der Waals surface area contributed by atoms with E-state index in [9.17, 15) is 14.4 Å². The van der Waals surface area contributed by atoms with E-state index in [-0.39, 0.29) is 23.3 Å². The molecule has 0 saturated carbocycles. The van der Waals surface area contributed by atoms with Crippen LogP contribution in [0.15, 0.2) is 70.7 Å². The zero-order valence-corrected chi connectivity index (χ0v) is 21.2. The van der Waals surface area contributed by atoms with E-state index in [0.717, 1.165) is 16.6 Å². The van der Waals surface area contributed by atoms with Crippen molar-refractivity contribution in [2.24, 2.45) is 5.11 Å². The van der Waals surface area contributed by atoms with Gasteiger partial charge in [0.15, 0.2) is 5.70 Å². The summed E-state index contributed by atoms with van der Waals surface area (Å²) >= 11 is 0. The smallest absolute Gasteiger partial charge is 0.410 e. The van der Waals surface area contributed by atoms with Crippen LogP contribution in [0.25, 0.3) is 16.6 Å². The molecule has 0 bridgehead atoms. The van der Waals surface area contributed by atoms with Gasteiger partial charge in [-0.3, -0.25) is 14.9 Å². The molecule has 0 unspecified atom stereocenters. The number of benzene rings is 2. The molecule has 0 radical (unpaired) electrons. The molecule has 0 aliphatic carbocycles. The van der Waals surface area contributed by atoms with Crippen LogP contribution in [0, 0.1) is 5.53 Å². The van der Waals surface area contributed by atoms with Gasteiger partial charge in [0.2, 0.25) is 0 Å². The molecule has 1 aliphatic rings. The normalized spacial score (nSPS) is 14.5. The quantitative estimate of drug-likeness (QED) is 0.363. The lowest BCUT2D eigenvalue weighted by atomic mass is 10.1. The summed E-state index contributed by atoms with van der Waals surface area (Å²) in [7, 11) is 0. The molecule has 10 nitrogen and oxygen atoms in total. The summed E-state index contributed by atoms with van der Waals surface area (Å²) in [5.74, 6) is -0.101. The van der Waals surface area contributed by atoms with E-state index in [1.807, 2.05) is 45.0 Å². The first-order valence-electron chi connectivity index (χ1n) is 12.1. The van der Waals surface area contributed by atoms with E-state index in [1.165, 1.54) is 0 Å². The van der Waals surface area contributed by atoms with Gasteiger partial charge in [-0.25, -0.2) is 10.3 Å². The topological polar surface area (TPSA) is 136 Å². The number of fused-ring (bicyclic) bond motifs is 1. The van der Waals surface area contributed by atoms with Crippen LogP contribution in [0.4, 0.5) is 10.5 Å². The SMILES string of the molecule is CC(C)(C)OC(=O)N1CCN(C(=O)c2ccc([NH2+]C=C(N=N)c3cc4ccccc4[nH]c3=O)cc2)CC1. The van der Waals surface area contributed by atoms with Crippen molar-refractivity contribution in [2.45, 2.75) is 26.4 Å². The maximum absolute atomic E-state index is 12.9. The molecule has 1 fully saturated rings. The van der Waals surface area contributed by atoms with E-state index >= 15 is 0 Å². The molecule has 192 valence electrons. The lowest BCUT2D eigenvalue weighted by molar-refractivity contribution is -0.495. The third kappa shape index (κ3) is 6.28. The third-order valence-corrected chi connectivity index (χ3v) is 5.96. The summed E-state index contributed by atoms with van der Waals surface area (Å²) in [6.45, 7) is 7.19. The molecule has 2 amide bonds. The minimum atomic E-state index is -0.557. The Labute approximate surface area is 214 Å². The van der Waals surface area contributed by atoms with Gasteiger partial charge in [0.05, 0.1) is 5.56 Å². The van der Waals surface area contributed by atoms with E-state index in [4.69, 9.17) is 10.3 Å². The lowest BCUT2D eigenvalue weighted by Gasteiger charge is -2.35. The number of carbonyl (C=O) groups excluding carboxylic acids is 2. The highest BCUT2D eigenvalue weighted by Gasteiger charge is 2.28. The van der Waals surface area contributed by atoms with Crippen molar-refractivity contribution in [3.63, 3.8) is 0 Å². The number of aromatic nitrogens is 1. The van der Waals surface area contributed by atoms with Gasteiger partial charge in [0.25, 0.3) is 11.5 Å². The zero-order valence-electron chi connectivity index (χ0n) is 21.2. The Hall–Kier alpha value is -4.31. The van der Waals surface area contributed by atoms with Crippen molar-refractivity contribution in [1.82, 2.24) is 14.8 Å². The number of para-hydroxylation sites is 1. The second-order valence-corrected chi connectivity index (χ2v) is 9.81. The summed E-state index contributed by atoms with van der Waals surface area (Å²) < 4.78 is 5.41. The summed E-state index contributed by atoms with van der Waals surface area (Å²) in [6, 6.07) is 16.2. The third-order valence-electron chi connectivity index (χ3n) is 5.96. The summed E-state index contributed by atoms with van der Waals surface area (Å²) in [4.78, 5) is 43.9. The average Bonchev–Trinajstić information content (AvgIpc) is 2.88. The second kappa shape index (κ2) is 10.8. The van der Waals surface area contributed by atoms with Gasteiger partial charge in [-0.15, -0.1) is 0 Å². The number of ether oxygens (including phenoxy) is 1. The van der Waals surface area contributed by atoms with Crippen LogP contribution >= 0.6 is 0 Å². The Balaban J connectivity index is 1.39. The Morgan fingerprint density at radius 3 is 2.32 bits per heavy atom. The fourth-order valence-corrected chi connectivity index (χ4v) is 4.04. The molecule has 2 heterocycles. The Bertz CT molecular complexity index is 1400. The molecule has 1 aliphatic heterocycles. The van der Waals surface area contributed by atoms with E-state index < -0.39 is 5.60 Å². The minimum Gasteiger partial charge on any atom is -0.444 e. The van der Waals surface area contributed by atoms with Crippen molar-refractivity contribution in [3.05, 3.63) is 82.3 Å². The highest BCUT2D eigenvalue weighted by Crippen LogP contribution is 2.17. The standard InChI is InChI=1S/C27H30N6O4/c1-27(2,3)37-26(36)33-14-12-32(13-15-33)25(35)18-8-10-20(11-9-18)29-17-23(31-28)21-16-19-6-4-5-7-22(19)30-24(21)34/h4-11,16-17,28-29H,12-15H2,1-3H3,(H,30,34)/p+1. The maximum atomic E-state index is 12.9. The molecule has 4 rings (SSSR count). The van der Waals surface area contributed by atoms with Crippen molar-refractivity contribution in [1.29, 1.82) is 5.53 Å². The first kappa shape index (κ1) is 25.8. The number of hydrogen-bond acceptors (Lipinski definition) is 6. The number of quaternary nitrogens is 1. The number of aromatic amines is 1. The zero-order chi connectivity index (χ0) is 26.6. The van der Waals surface area contributed by atoms with E-state index in [0.29, 0.717) is 37.3 Å². The van der Waals surface area contributed by atoms with Crippen LogP contribution in [-0.2, 0) is 4.74 Å². The largest absolute Gasteiger partial charge is 0.444 e. The number of rotatable bonds is 5. The number of hydrogen-bond donors (Lipinski definition) is 3. The predicted octanol–water partition coefficient (Wildman–Crippen LogP) is 3.45. The Morgan fingerprint density at radius 1 is 1.03 bits per heavy atom. The number of nitrogens with zero attached hydrogens (tertiary/aromatic N) is 3. The summed E-state index contributed by atoms with van der Waals surface area (Å²) in [6.07, 6.45) is 1.25. The molecule has 0 atom stereocenters. The van der Waals surface area contributed by atoms with Crippen molar-refractivity contribution in [2.75, 3.05) is 26.2 Å². The maximum Gasteiger partial charge on any atom is 0.410 e. The first-order valence-corrected chi connectivity index (χ1v) is 12.1. The molecule has 3 aromatic rings. The van der Waals surface area contributed by atoms with Crippen molar-refractivity contribution >= 4 is 34.3 Å². The van der Waals surface area contributed by atoms with Crippen LogP contribution in [0.2, 0.25) is 0 Å². The van der Waals surface area contributed by atoms with Crippen LogP contribution in [0.3, 0.4) is 0 Å². The fraction of sp³-hybridized carbons (Fsp3) is 0.296. The molecular formula is C27H31N6O4+. The van der Waals surface area contributed by atoms with Crippen LogP contribution < -0.4 is 10.9 Å².